The fourth-order valence-electron chi connectivity index (χ4n) is 2.60. The van der Waals surface area contributed by atoms with Crippen molar-refractivity contribution in [3.05, 3.63) is 35.1 Å². The van der Waals surface area contributed by atoms with Gasteiger partial charge in [0.2, 0.25) is 0 Å². The van der Waals surface area contributed by atoms with Crippen LogP contribution in [0.2, 0.25) is 0 Å². The highest BCUT2D eigenvalue weighted by molar-refractivity contribution is 5.95. The first kappa shape index (κ1) is 15.5. The van der Waals surface area contributed by atoms with E-state index in [0.29, 0.717) is 17.9 Å². The highest BCUT2D eigenvalue weighted by Gasteiger charge is 2.24. The van der Waals surface area contributed by atoms with Crippen molar-refractivity contribution in [2.45, 2.75) is 38.6 Å². The number of hydrogen-bond donors (Lipinski definition) is 2. The summed E-state index contributed by atoms with van der Waals surface area (Å²) in [6, 6.07) is 4.40. The van der Waals surface area contributed by atoms with Crippen LogP contribution in [-0.2, 0) is 0 Å². The van der Waals surface area contributed by atoms with Gasteiger partial charge in [-0.3, -0.25) is 4.79 Å². The van der Waals surface area contributed by atoms with E-state index in [-0.39, 0.29) is 24.1 Å². The minimum atomic E-state index is -0.536. The third kappa shape index (κ3) is 4.30. The Labute approximate surface area is 124 Å². The number of halogens is 1. The van der Waals surface area contributed by atoms with Crippen molar-refractivity contribution in [3.8, 4) is 11.8 Å². The van der Waals surface area contributed by atoms with Crippen LogP contribution in [0, 0.1) is 23.6 Å². The normalized spacial score (nSPS) is 20.7. The second kappa shape index (κ2) is 7.24. The smallest absolute Gasteiger partial charge is 0.254 e. The van der Waals surface area contributed by atoms with Crippen molar-refractivity contribution in [2.24, 2.45) is 5.92 Å². The third-order valence-electron chi connectivity index (χ3n) is 3.71. The second-order valence-corrected chi connectivity index (χ2v) is 5.56. The molecule has 3 nitrogen and oxygen atoms in total. The highest BCUT2D eigenvalue weighted by atomic mass is 19.1. The molecule has 0 saturated heterocycles. The Balaban J connectivity index is 2.09. The molecule has 0 aliphatic heterocycles. The first-order valence-corrected chi connectivity index (χ1v) is 7.30. The molecule has 4 heteroatoms. The lowest BCUT2D eigenvalue weighted by Crippen LogP contribution is -2.33. The molecule has 2 unspecified atom stereocenters. The Kier molecular flexibility index (Phi) is 5.35. The number of aliphatic hydroxyl groups is 1. The predicted octanol–water partition coefficient (Wildman–Crippen LogP) is 2.48. The molecule has 1 amide bonds. The maximum atomic E-state index is 13.8. The van der Waals surface area contributed by atoms with Crippen LogP contribution in [0.1, 0.15) is 48.5 Å². The standard InChI is InChI=1S/C17H20FNO2/c1-12-5-7-14(10-12)19-17(21)15-11-13(4-2-3-9-20)6-8-16(15)18/h6,8,11-12,14,20H,3,5,7,9-10H2,1H3,(H,19,21). The van der Waals surface area contributed by atoms with Gasteiger partial charge in [0.1, 0.15) is 5.82 Å². The van der Waals surface area contributed by atoms with Gasteiger partial charge in [-0.25, -0.2) is 4.39 Å². The monoisotopic (exact) mass is 289 g/mol. The maximum absolute atomic E-state index is 13.8. The summed E-state index contributed by atoms with van der Waals surface area (Å²) in [5.74, 6) is 5.27. The Morgan fingerprint density at radius 2 is 2.29 bits per heavy atom. The molecule has 1 aliphatic rings. The van der Waals surface area contributed by atoms with E-state index in [9.17, 15) is 9.18 Å². The number of carbonyl (C=O) groups excluding carboxylic acids is 1. The van der Waals surface area contributed by atoms with E-state index in [1.165, 1.54) is 18.2 Å². The van der Waals surface area contributed by atoms with Crippen molar-refractivity contribution in [2.75, 3.05) is 6.61 Å². The zero-order valence-corrected chi connectivity index (χ0v) is 12.2. The molecular weight excluding hydrogens is 269 g/mol. The highest BCUT2D eigenvalue weighted by Crippen LogP contribution is 2.25. The van der Waals surface area contributed by atoms with E-state index in [2.05, 4.69) is 24.1 Å². The number of aliphatic hydroxyl groups excluding tert-OH is 1. The second-order valence-electron chi connectivity index (χ2n) is 5.56. The summed E-state index contributed by atoms with van der Waals surface area (Å²) in [6.45, 7) is 2.14. The molecule has 2 rings (SSSR count). The number of amides is 1. The number of carbonyl (C=O) groups is 1. The fraction of sp³-hybridized carbons (Fsp3) is 0.471. The zero-order chi connectivity index (χ0) is 15.2. The van der Waals surface area contributed by atoms with Gasteiger partial charge in [0.15, 0.2) is 0 Å². The van der Waals surface area contributed by atoms with Gasteiger partial charge in [0.05, 0.1) is 12.2 Å². The molecule has 0 bridgehead atoms. The summed E-state index contributed by atoms with van der Waals surface area (Å²) in [4.78, 5) is 12.2. The molecule has 0 heterocycles. The van der Waals surface area contributed by atoms with E-state index in [0.717, 1.165) is 19.3 Å². The lowest BCUT2D eigenvalue weighted by molar-refractivity contribution is 0.0933. The number of nitrogens with one attached hydrogen (secondary N) is 1. The van der Waals surface area contributed by atoms with Crippen molar-refractivity contribution < 1.29 is 14.3 Å². The Morgan fingerprint density at radius 1 is 1.48 bits per heavy atom. The maximum Gasteiger partial charge on any atom is 0.254 e. The summed E-state index contributed by atoms with van der Waals surface area (Å²) in [5.41, 5.74) is 0.611. The van der Waals surface area contributed by atoms with Crippen molar-refractivity contribution >= 4 is 5.91 Å². The van der Waals surface area contributed by atoms with E-state index < -0.39 is 5.82 Å². The van der Waals surface area contributed by atoms with Gasteiger partial charge in [-0.1, -0.05) is 18.8 Å². The van der Waals surface area contributed by atoms with Gasteiger partial charge in [-0.2, -0.15) is 0 Å². The van der Waals surface area contributed by atoms with Crippen molar-refractivity contribution in [1.29, 1.82) is 0 Å². The Bertz CT molecular complexity index is 574. The molecule has 1 saturated carbocycles. The topological polar surface area (TPSA) is 49.3 Å². The quantitative estimate of drug-likeness (QED) is 0.840. The van der Waals surface area contributed by atoms with E-state index in [4.69, 9.17) is 5.11 Å². The summed E-state index contributed by atoms with van der Waals surface area (Å²) in [6.07, 6.45) is 3.35. The average Bonchev–Trinajstić information content (AvgIpc) is 2.86. The molecule has 2 atom stereocenters. The van der Waals surface area contributed by atoms with Crippen LogP contribution in [-0.4, -0.2) is 23.7 Å². The molecule has 1 aromatic rings. The molecule has 0 aromatic heterocycles. The Hall–Kier alpha value is -1.86. The summed E-state index contributed by atoms with van der Waals surface area (Å²) < 4.78 is 13.8. The molecule has 0 radical (unpaired) electrons. The molecule has 21 heavy (non-hydrogen) atoms. The van der Waals surface area contributed by atoms with Gasteiger partial charge in [-0.15, -0.1) is 0 Å². The lowest BCUT2D eigenvalue weighted by atomic mass is 10.1. The van der Waals surface area contributed by atoms with Crippen LogP contribution in [0.3, 0.4) is 0 Å². The third-order valence-corrected chi connectivity index (χ3v) is 3.71. The minimum absolute atomic E-state index is 0.0125. The van der Waals surface area contributed by atoms with Gasteiger partial charge in [-0.05, 0) is 43.4 Å². The van der Waals surface area contributed by atoms with Crippen LogP contribution in [0.15, 0.2) is 18.2 Å². The fourth-order valence-corrected chi connectivity index (χ4v) is 2.60. The molecule has 1 fully saturated rings. The number of hydrogen-bond acceptors (Lipinski definition) is 2. The van der Waals surface area contributed by atoms with Crippen LogP contribution < -0.4 is 5.32 Å². The first-order chi connectivity index (χ1) is 10.1. The van der Waals surface area contributed by atoms with Gasteiger partial charge in [0.25, 0.3) is 5.91 Å². The average molecular weight is 289 g/mol. The van der Waals surface area contributed by atoms with Crippen LogP contribution in [0.25, 0.3) is 0 Å². The molecule has 1 aromatic carbocycles. The van der Waals surface area contributed by atoms with Gasteiger partial charge in [0, 0.05) is 18.0 Å². The van der Waals surface area contributed by atoms with Crippen molar-refractivity contribution in [3.63, 3.8) is 0 Å². The van der Waals surface area contributed by atoms with Crippen LogP contribution in [0.4, 0.5) is 4.39 Å². The molecular formula is C17H20FNO2. The van der Waals surface area contributed by atoms with Crippen LogP contribution in [0.5, 0.6) is 0 Å². The van der Waals surface area contributed by atoms with E-state index >= 15 is 0 Å². The molecule has 0 spiro atoms. The van der Waals surface area contributed by atoms with E-state index in [1.54, 1.807) is 0 Å². The van der Waals surface area contributed by atoms with Gasteiger partial charge >= 0.3 is 0 Å². The number of benzene rings is 1. The van der Waals surface area contributed by atoms with Crippen LogP contribution >= 0.6 is 0 Å². The number of rotatable bonds is 3. The molecule has 112 valence electrons. The zero-order valence-electron chi connectivity index (χ0n) is 12.2. The largest absolute Gasteiger partial charge is 0.395 e. The first-order valence-electron chi connectivity index (χ1n) is 7.30. The van der Waals surface area contributed by atoms with E-state index in [1.807, 2.05) is 0 Å². The SMILES string of the molecule is CC1CCC(NC(=O)c2cc(C#CCCO)ccc2F)C1. The summed E-state index contributed by atoms with van der Waals surface area (Å²) in [7, 11) is 0. The van der Waals surface area contributed by atoms with Crippen molar-refractivity contribution in [1.82, 2.24) is 5.32 Å². The summed E-state index contributed by atoms with van der Waals surface area (Å²) in [5, 5.41) is 11.6. The van der Waals surface area contributed by atoms with Gasteiger partial charge < -0.3 is 10.4 Å². The lowest BCUT2D eigenvalue weighted by Gasteiger charge is -2.13. The Morgan fingerprint density at radius 3 is 2.95 bits per heavy atom. The molecule has 1 aliphatic carbocycles. The minimum Gasteiger partial charge on any atom is -0.395 e. The predicted molar refractivity (Wildman–Crippen MR) is 79.3 cm³/mol. The molecule has 2 N–H and O–H groups in total. The summed E-state index contributed by atoms with van der Waals surface area (Å²) >= 11 is 0.